The molecule has 2 atom stereocenters. The van der Waals surface area contributed by atoms with Crippen molar-refractivity contribution in [3.8, 4) is 5.75 Å². The van der Waals surface area contributed by atoms with Crippen LogP contribution in [0.5, 0.6) is 5.75 Å². The number of rotatable bonds is 31. The Morgan fingerprint density at radius 1 is 0.703 bits per heavy atom. The molecule has 0 spiro atoms. The van der Waals surface area contributed by atoms with E-state index in [-0.39, 0.29) is 41.4 Å². The van der Waals surface area contributed by atoms with Crippen LogP contribution in [0, 0.1) is 6.92 Å². The highest BCUT2D eigenvalue weighted by Crippen LogP contribution is 2.25. The van der Waals surface area contributed by atoms with Crippen molar-refractivity contribution < 1.29 is 32.2 Å². The summed E-state index contributed by atoms with van der Waals surface area (Å²) in [5, 5.41) is 14.9. The van der Waals surface area contributed by atoms with Crippen molar-refractivity contribution in [2.45, 2.75) is 188 Å². The molecule has 0 aliphatic heterocycles. The maximum Gasteiger partial charge on any atom is 0.338 e. The smallest absolute Gasteiger partial charge is 0.338 e. The molecule has 2 unspecified atom stereocenters. The van der Waals surface area contributed by atoms with E-state index in [9.17, 15) is 18.6 Å². The number of aromatic amines is 1. The van der Waals surface area contributed by atoms with Gasteiger partial charge in [-0.15, -0.1) is 10.2 Å². The van der Waals surface area contributed by atoms with Crippen molar-refractivity contribution >= 4 is 40.4 Å². The molecule has 0 saturated heterocycles. The summed E-state index contributed by atoms with van der Waals surface area (Å²) >= 11 is -2.19. The largest absolute Gasteiger partial charge is 0.462 e. The number of nitrogens with one attached hydrogen (secondary N) is 3. The summed E-state index contributed by atoms with van der Waals surface area (Å²) in [7, 11) is 0. The van der Waals surface area contributed by atoms with Crippen LogP contribution in [0.3, 0.4) is 0 Å². The lowest BCUT2D eigenvalue weighted by Crippen LogP contribution is -2.29. The topological polar surface area (TPSA) is 166 Å². The zero-order valence-corrected chi connectivity index (χ0v) is 40.6. The van der Waals surface area contributed by atoms with Gasteiger partial charge in [0.1, 0.15) is 5.75 Å². The van der Waals surface area contributed by atoms with Crippen LogP contribution in [0.4, 0.5) is 5.69 Å². The summed E-state index contributed by atoms with van der Waals surface area (Å²) in [6.07, 6.45) is 23.2. The summed E-state index contributed by atoms with van der Waals surface area (Å²) in [6, 6.07) is 10.7. The lowest BCUT2D eigenvalue weighted by Gasteiger charge is -2.16. The number of amides is 1. The Kier molecular flexibility index (Phi) is 22.4. The predicted molar refractivity (Wildman–Crippen MR) is 256 cm³/mol. The van der Waals surface area contributed by atoms with Crippen LogP contribution in [0.1, 0.15) is 224 Å². The number of esters is 2. The lowest BCUT2D eigenvalue weighted by atomic mass is 9.93. The number of unbranched alkanes of at least 4 members (excludes halogenated alkanes) is 18. The minimum atomic E-state index is -2.19. The third-order valence-electron chi connectivity index (χ3n) is 11.5. The number of carbonyl (C=O) groups is 3. The maximum absolute atomic E-state index is 13.6. The van der Waals surface area contributed by atoms with E-state index >= 15 is 0 Å². The van der Waals surface area contributed by atoms with E-state index in [1.165, 1.54) is 108 Å². The second-order valence-electron chi connectivity index (χ2n) is 18.2. The van der Waals surface area contributed by atoms with Crippen LogP contribution in [-0.2, 0) is 26.2 Å². The SMILES string of the molecule is CCCCCCCCCCCCOC(=O)c1cc(OS(=O)Nc2ccc(C)c(C(=O)NC(C)c3nnc4cc(C(C)(C)C)[nH]n34)c2)cc(C(=O)OCCCCCCCCCCCC)c1. The van der Waals surface area contributed by atoms with E-state index in [2.05, 4.69) is 60.0 Å². The fourth-order valence-corrected chi connectivity index (χ4v) is 8.13. The van der Waals surface area contributed by atoms with Gasteiger partial charge in [0.25, 0.3) is 5.91 Å². The quantitative estimate of drug-likeness (QED) is 0.0329. The normalized spacial score (nSPS) is 12.5. The number of aryl methyl sites for hydroxylation is 1. The number of nitrogens with zero attached hydrogens (tertiary/aromatic N) is 3. The van der Waals surface area contributed by atoms with E-state index in [0.717, 1.165) is 44.2 Å². The summed E-state index contributed by atoms with van der Waals surface area (Å²) < 4.78 is 35.0. The molecule has 0 radical (unpaired) electrons. The molecule has 0 saturated carbocycles. The standard InChI is InChI=1S/C50H76N6O7S/c1-8-10-12-14-16-18-20-22-24-26-30-61-48(58)39-32-40(49(59)62-31-27-25-23-21-19-17-15-13-11-9-2)34-42(33-39)63-64(60)55-41-29-28-37(3)43(35-41)47(57)51-38(4)46-53-52-45-36-44(50(5,6)7)54-56(45)46/h28-29,32-36,38,54-55H,8-27,30-31H2,1-7H3,(H,51,57). The van der Waals surface area contributed by atoms with Gasteiger partial charge in [-0.1, -0.05) is 156 Å². The molecule has 14 heteroatoms. The van der Waals surface area contributed by atoms with E-state index < -0.39 is 29.2 Å². The molecule has 2 aromatic carbocycles. The number of ether oxygens (including phenoxy) is 2. The van der Waals surface area contributed by atoms with Gasteiger partial charge in [-0.25, -0.2) is 14.1 Å². The van der Waals surface area contributed by atoms with Gasteiger partial charge in [-0.3, -0.25) is 14.6 Å². The van der Waals surface area contributed by atoms with Gasteiger partial charge in [-0.2, -0.15) is 4.21 Å². The number of anilines is 1. The molecule has 0 aliphatic rings. The molecular weight excluding hydrogens is 829 g/mol. The van der Waals surface area contributed by atoms with Gasteiger partial charge in [0.15, 0.2) is 11.5 Å². The van der Waals surface area contributed by atoms with Gasteiger partial charge in [0.05, 0.1) is 36.1 Å². The molecule has 4 rings (SSSR count). The summed E-state index contributed by atoms with van der Waals surface area (Å²) in [5.74, 6) is -1.01. The van der Waals surface area contributed by atoms with Crippen LogP contribution >= 0.6 is 0 Å². The Balaban J connectivity index is 1.36. The monoisotopic (exact) mass is 905 g/mol. The first kappa shape index (κ1) is 51.9. The maximum atomic E-state index is 13.6. The third-order valence-corrected chi connectivity index (χ3v) is 12.2. The molecule has 0 bridgehead atoms. The van der Waals surface area contributed by atoms with E-state index in [1.807, 2.05) is 19.9 Å². The Morgan fingerprint density at radius 3 is 1.70 bits per heavy atom. The van der Waals surface area contributed by atoms with Gasteiger partial charge in [0, 0.05) is 22.7 Å². The number of benzene rings is 2. The average Bonchev–Trinajstić information content (AvgIpc) is 3.87. The first-order valence-corrected chi connectivity index (χ1v) is 25.1. The Hall–Kier alpha value is -4.72. The number of H-pyrrole nitrogens is 1. The highest BCUT2D eigenvalue weighted by Gasteiger charge is 2.23. The Labute approximate surface area is 384 Å². The average molecular weight is 905 g/mol. The first-order valence-electron chi connectivity index (χ1n) is 24.0. The molecule has 3 N–H and O–H groups in total. The molecule has 0 fully saturated rings. The molecule has 354 valence electrons. The van der Waals surface area contributed by atoms with Crippen molar-refractivity contribution in [3.63, 3.8) is 0 Å². The molecule has 2 heterocycles. The van der Waals surface area contributed by atoms with Gasteiger partial charge in [0.2, 0.25) is 0 Å². The first-order chi connectivity index (χ1) is 30.8. The summed E-state index contributed by atoms with van der Waals surface area (Å²) in [5.41, 5.74) is 3.12. The van der Waals surface area contributed by atoms with Crippen LogP contribution in [0.25, 0.3) is 5.65 Å². The Bertz CT molecular complexity index is 2020. The second kappa shape index (κ2) is 27.6. The molecule has 2 aromatic heterocycles. The summed E-state index contributed by atoms with van der Waals surface area (Å²) in [6.45, 7) is 14.9. The molecular formula is C50H76N6O7S. The Morgan fingerprint density at radius 2 is 1.20 bits per heavy atom. The third kappa shape index (κ3) is 17.7. The zero-order chi connectivity index (χ0) is 46.3. The number of hydrogen-bond acceptors (Lipinski definition) is 9. The summed E-state index contributed by atoms with van der Waals surface area (Å²) in [4.78, 5) is 40.2. The van der Waals surface area contributed by atoms with Crippen molar-refractivity contribution in [1.82, 2.24) is 25.1 Å². The zero-order valence-electron chi connectivity index (χ0n) is 39.8. The van der Waals surface area contributed by atoms with E-state index in [0.29, 0.717) is 28.3 Å². The lowest BCUT2D eigenvalue weighted by molar-refractivity contribution is 0.0495. The molecule has 64 heavy (non-hydrogen) atoms. The fourth-order valence-electron chi connectivity index (χ4n) is 7.50. The minimum absolute atomic E-state index is 0.0163. The second-order valence-corrected chi connectivity index (χ2v) is 19.0. The van der Waals surface area contributed by atoms with Crippen LogP contribution in [-0.4, -0.2) is 55.1 Å². The number of carbonyl (C=O) groups excluding carboxylic acids is 3. The van der Waals surface area contributed by atoms with Crippen LogP contribution in [0.15, 0.2) is 42.5 Å². The van der Waals surface area contributed by atoms with Crippen molar-refractivity contribution in [2.75, 3.05) is 17.9 Å². The van der Waals surface area contributed by atoms with Crippen LogP contribution < -0.4 is 14.2 Å². The van der Waals surface area contributed by atoms with Gasteiger partial charge in [-0.05, 0) is 62.6 Å². The van der Waals surface area contributed by atoms with E-state index in [4.69, 9.17) is 13.7 Å². The predicted octanol–water partition coefficient (Wildman–Crippen LogP) is 12.4. The van der Waals surface area contributed by atoms with E-state index in [1.54, 1.807) is 22.7 Å². The molecule has 13 nitrogen and oxygen atoms in total. The minimum Gasteiger partial charge on any atom is -0.462 e. The fraction of sp³-hybridized carbons (Fsp3) is 0.620. The number of aromatic nitrogens is 4. The van der Waals surface area contributed by atoms with Gasteiger partial charge < -0.3 is 19.0 Å². The van der Waals surface area contributed by atoms with Gasteiger partial charge >= 0.3 is 23.2 Å². The molecule has 4 aromatic rings. The van der Waals surface area contributed by atoms with Crippen molar-refractivity contribution in [1.29, 1.82) is 0 Å². The van der Waals surface area contributed by atoms with Crippen molar-refractivity contribution in [3.05, 3.63) is 76.2 Å². The number of hydrogen-bond donors (Lipinski definition) is 3. The highest BCUT2D eigenvalue weighted by atomic mass is 32.2. The molecule has 0 aliphatic carbocycles. The number of fused-ring (bicyclic) bond motifs is 1. The molecule has 1 amide bonds. The highest BCUT2D eigenvalue weighted by molar-refractivity contribution is 7.81. The van der Waals surface area contributed by atoms with Crippen LogP contribution in [0.2, 0.25) is 0 Å². The van der Waals surface area contributed by atoms with Crippen molar-refractivity contribution in [2.24, 2.45) is 0 Å².